The number of hydrogen-bond acceptors (Lipinski definition) is 7. The molecule has 1 aliphatic heterocycles. The van der Waals surface area contributed by atoms with Crippen molar-refractivity contribution >= 4 is 17.8 Å². The third-order valence-electron chi connectivity index (χ3n) is 5.35. The van der Waals surface area contributed by atoms with Gasteiger partial charge in [-0.25, -0.2) is 9.59 Å². The topological polar surface area (TPSA) is 128 Å². The zero-order valence-electron chi connectivity index (χ0n) is 20.6. The highest BCUT2D eigenvalue weighted by atomic mass is 16.6. The molecule has 1 aliphatic carbocycles. The predicted octanol–water partition coefficient (Wildman–Crippen LogP) is 5.17. The Labute approximate surface area is 213 Å². The molecule has 1 amide bonds. The molecule has 9 nitrogen and oxygen atoms in total. The molecule has 0 spiro atoms. The van der Waals surface area contributed by atoms with Gasteiger partial charge in [0, 0.05) is 34.4 Å². The lowest BCUT2D eigenvalue weighted by molar-refractivity contribution is -0.139. The van der Waals surface area contributed by atoms with E-state index in [0.29, 0.717) is 28.1 Å². The molecule has 0 saturated heterocycles. The Morgan fingerprint density at radius 2 is 1.65 bits per heavy atom. The number of ketones is 1. The van der Waals surface area contributed by atoms with Crippen LogP contribution in [0.1, 0.15) is 42.3 Å². The molecule has 2 aliphatic rings. The van der Waals surface area contributed by atoms with Gasteiger partial charge in [-0.2, -0.15) is 0 Å². The Hall–Kier alpha value is -4.66. The summed E-state index contributed by atoms with van der Waals surface area (Å²) in [6, 6.07) is 17.3. The number of carboxylic acids is 1. The van der Waals surface area contributed by atoms with Crippen molar-refractivity contribution in [3.05, 3.63) is 83.6 Å². The molecule has 0 aromatic heterocycles. The molecule has 2 N–H and O–H groups in total. The highest BCUT2D eigenvalue weighted by Gasteiger charge is 2.22. The Morgan fingerprint density at radius 1 is 0.946 bits per heavy atom. The van der Waals surface area contributed by atoms with Crippen LogP contribution in [0.2, 0.25) is 0 Å². The van der Waals surface area contributed by atoms with Crippen molar-refractivity contribution in [1.82, 2.24) is 10.5 Å². The van der Waals surface area contributed by atoms with E-state index in [1.165, 1.54) is 6.26 Å². The first-order chi connectivity index (χ1) is 17.6. The van der Waals surface area contributed by atoms with Gasteiger partial charge in [0.25, 0.3) is 0 Å². The van der Waals surface area contributed by atoms with Crippen LogP contribution in [-0.2, 0) is 16.1 Å². The normalized spacial score (nSPS) is 11.2. The second-order valence-electron chi connectivity index (χ2n) is 9.33. The summed E-state index contributed by atoms with van der Waals surface area (Å²) in [5.41, 5.74) is 3.85. The first-order valence-electron chi connectivity index (χ1n) is 11.5. The molecule has 1 heterocycles. The molecule has 0 atom stereocenters. The lowest BCUT2D eigenvalue weighted by Gasteiger charge is -2.19. The number of nitrogens with one attached hydrogen (secondary N) is 1. The Bertz CT molecular complexity index is 1380. The molecule has 2 aromatic rings. The van der Waals surface area contributed by atoms with Crippen LogP contribution < -0.4 is 10.1 Å². The van der Waals surface area contributed by atoms with Gasteiger partial charge in [0.2, 0.25) is 0 Å². The number of rotatable bonds is 8. The Balaban J connectivity index is 1.46. The third kappa shape index (κ3) is 6.32. The maximum Gasteiger partial charge on any atom is 0.407 e. The van der Waals surface area contributed by atoms with Gasteiger partial charge < -0.3 is 24.4 Å². The molecule has 2 aromatic carbocycles. The largest absolute Gasteiger partial charge is 0.482 e. The molecule has 190 valence electrons. The Kier molecular flexibility index (Phi) is 7.24. The smallest absolute Gasteiger partial charge is 0.407 e. The van der Waals surface area contributed by atoms with Gasteiger partial charge in [-0.1, -0.05) is 35.5 Å². The first-order valence-corrected chi connectivity index (χ1v) is 11.5. The molecular weight excluding hydrogens is 476 g/mol. The number of carboxylic acid groups (broad SMARTS) is 1. The van der Waals surface area contributed by atoms with Gasteiger partial charge in [0.1, 0.15) is 23.3 Å². The van der Waals surface area contributed by atoms with Crippen LogP contribution in [0.5, 0.6) is 5.75 Å². The highest BCUT2D eigenvalue weighted by Crippen LogP contribution is 2.37. The average molecular weight is 503 g/mol. The van der Waals surface area contributed by atoms with Gasteiger partial charge in [-0.15, -0.1) is 0 Å². The summed E-state index contributed by atoms with van der Waals surface area (Å²) in [5, 5.41) is 15.6. The summed E-state index contributed by atoms with van der Waals surface area (Å²) in [6.45, 7) is 5.22. The van der Waals surface area contributed by atoms with E-state index < -0.39 is 24.3 Å². The first kappa shape index (κ1) is 25.4. The van der Waals surface area contributed by atoms with Crippen LogP contribution in [0.3, 0.4) is 0 Å². The number of carbonyl (C=O) groups excluding carboxylic acids is 2. The van der Waals surface area contributed by atoms with Gasteiger partial charge in [0.15, 0.2) is 12.4 Å². The summed E-state index contributed by atoms with van der Waals surface area (Å²) in [6.07, 6.45) is 0.932. The van der Waals surface area contributed by atoms with E-state index in [9.17, 15) is 14.4 Å². The molecule has 37 heavy (non-hydrogen) atoms. The minimum Gasteiger partial charge on any atom is -0.482 e. The van der Waals surface area contributed by atoms with Crippen molar-refractivity contribution < 1.29 is 33.5 Å². The molecule has 0 unspecified atom stereocenters. The molecule has 0 radical (unpaired) electrons. The maximum atomic E-state index is 13.3. The van der Waals surface area contributed by atoms with Crippen LogP contribution >= 0.6 is 0 Å². The Morgan fingerprint density at radius 3 is 2.30 bits per heavy atom. The monoisotopic (exact) mass is 502 g/mol. The van der Waals surface area contributed by atoms with E-state index >= 15 is 0 Å². The fraction of sp³-hybridized carbons (Fsp3) is 0.214. The second-order valence-corrected chi connectivity index (χ2v) is 9.33. The standard InChI is InChI=1S/C28H26N2O7/c1-28(2,3)37-27(34)29-14-17-4-6-19(7-5-17)26(33)22-13-12-21-23(22)15-36-30-25(21)18-8-10-20(11-9-18)35-16-24(31)32/h4-13,15H,14,16H2,1-3H3,(H,29,34)(H,31,32). The summed E-state index contributed by atoms with van der Waals surface area (Å²) in [5.74, 6) is -0.819. The van der Waals surface area contributed by atoms with Crippen molar-refractivity contribution in [2.24, 2.45) is 0 Å². The molecular formula is C28H26N2O7. The minimum atomic E-state index is -1.06. The second kappa shape index (κ2) is 10.5. The molecule has 0 saturated carbocycles. The molecule has 4 rings (SSSR count). The van der Waals surface area contributed by atoms with Gasteiger partial charge >= 0.3 is 12.1 Å². The van der Waals surface area contributed by atoms with E-state index in [2.05, 4.69) is 10.5 Å². The van der Waals surface area contributed by atoms with Crippen molar-refractivity contribution in [1.29, 1.82) is 0 Å². The number of carbonyl (C=O) groups is 3. The minimum absolute atomic E-state index is 0.175. The van der Waals surface area contributed by atoms with E-state index in [-0.39, 0.29) is 12.3 Å². The number of aliphatic carboxylic acids is 1. The van der Waals surface area contributed by atoms with E-state index in [0.717, 1.165) is 16.7 Å². The van der Waals surface area contributed by atoms with Crippen molar-refractivity contribution in [3.63, 3.8) is 0 Å². The fourth-order valence-corrected chi connectivity index (χ4v) is 3.68. The zero-order valence-corrected chi connectivity index (χ0v) is 20.6. The molecule has 0 fully saturated rings. The number of hydrogen-bond donors (Lipinski definition) is 2. The number of aromatic nitrogens is 1. The van der Waals surface area contributed by atoms with E-state index in [1.807, 2.05) is 6.07 Å². The number of benzene rings is 2. The summed E-state index contributed by atoms with van der Waals surface area (Å²) >= 11 is 0. The SMILES string of the molecule is CC(C)(C)OC(=O)NCc1ccc(C(=O)c2ccc3c(-c4ccc(OCC(=O)O)cc4)nocc2-3)cc1. The fourth-order valence-electron chi connectivity index (χ4n) is 3.68. The van der Waals surface area contributed by atoms with Crippen molar-refractivity contribution in [2.75, 3.05) is 6.61 Å². The number of amides is 1. The van der Waals surface area contributed by atoms with Crippen LogP contribution in [0, 0.1) is 0 Å². The molecule has 0 bridgehead atoms. The number of nitrogens with zero attached hydrogens (tertiary/aromatic N) is 1. The van der Waals surface area contributed by atoms with Crippen molar-refractivity contribution in [3.8, 4) is 28.1 Å². The van der Waals surface area contributed by atoms with Gasteiger partial charge in [0.05, 0.1) is 0 Å². The lowest BCUT2D eigenvalue weighted by atomic mass is 9.98. The van der Waals surface area contributed by atoms with E-state index in [4.69, 9.17) is 19.1 Å². The lowest BCUT2D eigenvalue weighted by Crippen LogP contribution is -2.32. The zero-order chi connectivity index (χ0) is 26.6. The van der Waals surface area contributed by atoms with Crippen LogP contribution in [0.15, 0.2) is 71.4 Å². The van der Waals surface area contributed by atoms with Crippen LogP contribution in [-0.4, -0.2) is 40.3 Å². The van der Waals surface area contributed by atoms with E-state index in [1.54, 1.807) is 75.4 Å². The number of ether oxygens (including phenoxy) is 2. The quantitative estimate of drug-likeness (QED) is 0.316. The summed E-state index contributed by atoms with van der Waals surface area (Å²) in [4.78, 5) is 35.8. The highest BCUT2D eigenvalue weighted by molar-refractivity contribution is 6.14. The van der Waals surface area contributed by atoms with Gasteiger partial charge in [-0.05, 0) is 56.7 Å². The number of alkyl carbamates (subject to hydrolysis) is 1. The molecule has 9 heteroatoms. The third-order valence-corrected chi connectivity index (χ3v) is 5.35. The number of fused-ring (bicyclic) bond motifs is 1. The summed E-state index contributed by atoms with van der Waals surface area (Å²) < 4.78 is 15.7. The van der Waals surface area contributed by atoms with Crippen molar-refractivity contribution in [2.45, 2.75) is 32.9 Å². The average Bonchev–Trinajstić information content (AvgIpc) is 3.30. The van der Waals surface area contributed by atoms with Crippen LogP contribution in [0.25, 0.3) is 22.4 Å². The summed E-state index contributed by atoms with van der Waals surface area (Å²) in [7, 11) is 0. The van der Waals surface area contributed by atoms with Gasteiger partial charge in [-0.3, -0.25) is 4.79 Å². The van der Waals surface area contributed by atoms with Crippen LogP contribution in [0.4, 0.5) is 4.79 Å². The maximum absolute atomic E-state index is 13.3. The predicted molar refractivity (Wildman–Crippen MR) is 135 cm³/mol.